The van der Waals surface area contributed by atoms with E-state index in [0.29, 0.717) is 0 Å². The number of nitrogens with zero attached hydrogens (tertiary/aromatic N) is 1. The van der Waals surface area contributed by atoms with Crippen LogP contribution in [-0.4, -0.2) is 58.9 Å². The molecular formula is C22H25N3O9. The molecular weight excluding hydrogens is 450 g/mol. The predicted octanol–water partition coefficient (Wildman–Crippen LogP) is 1.39. The number of nitro groups is 1. The Morgan fingerprint density at radius 1 is 1.15 bits per heavy atom. The molecule has 0 aromatic heterocycles. The Kier molecular flexibility index (Phi) is 9.77. The van der Waals surface area contributed by atoms with E-state index in [1.807, 2.05) is 6.07 Å². The fourth-order valence-electron chi connectivity index (χ4n) is 2.97. The van der Waals surface area contributed by atoms with Crippen molar-refractivity contribution in [3.63, 3.8) is 0 Å². The standard InChI is InChI=1S/C22H25N3O9/c1-33-19-8-7-16(25(31)32)9-15(19)10-18(21(28)29)24-20(27)11-17(26)12-23-22(30)34-13-14-5-3-2-4-6-14/h2-9,17-18,26H,10-13H2,1H3,(H,23,30)(H,24,27)(H,28,29)/t17-,18+/m0/s1. The third-order valence-electron chi connectivity index (χ3n) is 4.65. The van der Waals surface area contributed by atoms with Gasteiger partial charge in [0.05, 0.1) is 24.6 Å². The van der Waals surface area contributed by atoms with E-state index in [0.717, 1.165) is 5.56 Å². The number of benzene rings is 2. The topological polar surface area (TPSA) is 177 Å². The van der Waals surface area contributed by atoms with Crippen molar-refractivity contribution in [3.8, 4) is 5.75 Å². The number of nitrogens with one attached hydrogen (secondary N) is 2. The summed E-state index contributed by atoms with van der Waals surface area (Å²) in [5.41, 5.74) is 0.734. The van der Waals surface area contributed by atoms with Crippen molar-refractivity contribution < 1.29 is 39.0 Å². The van der Waals surface area contributed by atoms with E-state index in [1.165, 1.54) is 25.3 Å². The van der Waals surface area contributed by atoms with Gasteiger partial charge in [-0.05, 0) is 11.6 Å². The van der Waals surface area contributed by atoms with E-state index in [2.05, 4.69) is 10.6 Å². The quantitative estimate of drug-likeness (QED) is 0.261. The molecule has 34 heavy (non-hydrogen) atoms. The molecule has 0 saturated carbocycles. The summed E-state index contributed by atoms with van der Waals surface area (Å²) in [6, 6.07) is 11.2. The first kappa shape index (κ1) is 26.1. The van der Waals surface area contributed by atoms with Gasteiger partial charge >= 0.3 is 12.1 Å². The summed E-state index contributed by atoms with van der Waals surface area (Å²) in [5, 5.41) is 35.1. The molecule has 2 aromatic carbocycles. The van der Waals surface area contributed by atoms with Gasteiger partial charge in [-0.3, -0.25) is 14.9 Å². The first-order valence-corrected chi connectivity index (χ1v) is 10.2. The number of alkyl carbamates (subject to hydrolysis) is 1. The number of aliphatic hydroxyl groups excluding tert-OH is 1. The summed E-state index contributed by atoms with van der Waals surface area (Å²) in [5.74, 6) is -1.94. The van der Waals surface area contributed by atoms with Crippen LogP contribution in [-0.2, 0) is 27.4 Å². The van der Waals surface area contributed by atoms with Gasteiger partial charge in [-0.25, -0.2) is 9.59 Å². The second-order valence-electron chi connectivity index (χ2n) is 7.22. The van der Waals surface area contributed by atoms with Gasteiger partial charge in [0.25, 0.3) is 5.69 Å². The van der Waals surface area contributed by atoms with E-state index < -0.39 is 41.5 Å². The predicted molar refractivity (Wildman–Crippen MR) is 118 cm³/mol. The van der Waals surface area contributed by atoms with Gasteiger partial charge in [-0.15, -0.1) is 0 Å². The first-order valence-electron chi connectivity index (χ1n) is 10.2. The molecule has 12 nitrogen and oxygen atoms in total. The van der Waals surface area contributed by atoms with Crippen LogP contribution in [0.4, 0.5) is 10.5 Å². The number of carbonyl (C=O) groups excluding carboxylic acids is 2. The van der Waals surface area contributed by atoms with Crippen molar-refractivity contribution in [2.75, 3.05) is 13.7 Å². The Hall–Kier alpha value is -4.19. The number of carbonyl (C=O) groups is 3. The molecule has 2 aromatic rings. The van der Waals surface area contributed by atoms with Gasteiger partial charge < -0.3 is 30.3 Å². The normalized spacial score (nSPS) is 12.2. The highest BCUT2D eigenvalue weighted by molar-refractivity contribution is 5.84. The number of amides is 2. The Balaban J connectivity index is 1.86. The summed E-state index contributed by atoms with van der Waals surface area (Å²) >= 11 is 0. The van der Waals surface area contributed by atoms with Crippen molar-refractivity contribution in [1.82, 2.24) is 10.6 Å². The zero-order chi connectivity index (χ0) is 25.1. The summed E-state index contributed by atoms with van der Waals surface area (Å²) in [6.07, 6.45) is -2.86. The molecule has 0 saturated heterocycles. The number of hydrogen-bond donors (Lipinski definition) is 4. The van der Waals surface area contributed by atoms with Crippen molar-refractivity contribution in [2.24, 2.45) is 0 Å². The lowest BCUT2D eigenvalue weighted by Crippen LogP contribution is -2.44. The molecule has 2 rings (SSSR count). The van der Waals surface area contributed by atoms with Gasteiger partial charge in [0.2, 0.25) is 5.91 Å². The third-order valence-corrected chi connectivity index (χ3v) is 4.65. The van der Waals surface area contributed by atoms with E-state index in [1.54, 1.807) is 24.3 Å². The van der Waals surface area contributed by atoms with Crippen LogP contribution >= 0.6 is 0 Å². The fourth-order valence-corrected chi connectivity index (χ4v) is 2.97. The Labute approximate surface area is 194 Å². The van der Waals surface area contributed by atoms with Crippen LogP contribution < -0.4 is 15.4 Å². The Bertz CT molecular complexity index is 1010. The highest BCUT2D eigenvalue weighted by atomic mass is 16.6. The molecule has 0 radical (unpaired) electrons. The van der Waals surface area contributed by atoms with Crippen LogP contribution in [0.1, 0.15) is 17.5 Å². The highest BCUT2D eigenvalue weighted by Crippen LogP contribution is 2.25. The number of aliphatic carboxylic acids is 1. The highest BCUT2D eigenvalue weighted by Gasteiger charge is 2.24. The molecule has 0 aliphatic heterocycles. The molecule has 0 bridgehead atoms. The molecule has 182 valence electrons. The molecule has 0 heterocycles. The smallest absolute Gasteiger partial charge is 0.407 e. The Morgan fingerprint density at radius 2 is 1.85 bits per heavy atom. The van der Waals surface area contributed by atoms with E-state index in [9.17, 15) is 34.7 Å². The van der Waals surface area contributed by atoms with Crippen molar-refractivity contribution in [3.05, 3.63) is 69.8 Å². The minimum atomic E-state index is -1.43. The number of methoxy groups -OCH3 is 1. The lowest BCUT2D eigenvalue weighted by Gasteiger charge is -2.18. The Morgan fingerprint density at radius 3 is 2.47 bits per heavy atom. The molecule has 2 amide bonds. The zero-order valence-electron chi connectivity index (χ0n) is 18.3. The number of aliphatic hydroxyl groups is 1. The maximum absolute atomic E-state index is 12.2. The number of rotatable bonds is 12. The molecule has 4 N–H and O–H groups in total. The first-order chi connectivity index (χ1) is 16.2. The van der Waals surface area contributed by atoms with Crippen molar-refractivity contribution in [1.29, 1.82) is 0 Å². The SMILES string of the molecule is COc1ccc([N+](=O)[O-])cc1C[C@@H](NC(=O)C[C@H](O)CNC(=O)OCc1ccccc1)C(=O)O. The zero-order valence-corrected chi connectivity index (χ0v) is 18.3. The molecule has 0 unspecified atom stereocenters. The summed E-state index contributed by atoms with van der Waals surface area (Å²) in [6.45, 7) is -0.262. The largest absolute Gasteiger partial charge is 0.496 e. The molecule has 0 aliphatic rings. The molecule has 0 aliphatic carbocycles. The number of non-ortho nitro benzene ring substituents is 1. The molecule has 0 spiro atoms. The van der Waals surface area contributed by atoms with Crippen LogP contribution in [0, 0.1) is 10.1 Å². The second kappa shape index (κ2) is 12.7. The minimum Gasteiger partial charge on any atom is -0.496 e. The summed E-state index contributed by atoms with van der Waals surface area (Å²) in [4.78, 5) is 46.0. The second-order valence-corrected chi connectivity index (χ2v) is 7.22. The van der Waals surface area contributed by atoms with Gasteiger partial charge in [0.15, 0.2) is 0 Å². The van der Waals surface area contributed by atoms with Gasteiger partial charge in [0, 0.05) is 30.7 Å². The van der Waals surface area contributed by atoms with E-state index in [-0.39, 0.29) is 36.6 Å². The number of carboxylic acid groups (broad SMARTS) is 1. The van der Waals surface area contributed by atoms with Gasteiger partial charge in [-0.2, -0.15) is 0 Å². The maximum atomic E-state index is 12.2. The van der Waals surface area contributed by atoms with Crippen LogP contribution in [0.2, 0.25) is 0 Å². The van der Waals surface area contributed by atoms with Gasteiger partial charge in [-0.1, -0.05) is 30.3 Å². The third kappa shape index (κ3) is 8.39. The average Bonchev–Trinajstić information content (AvgIpc) is 2.81. The minimum absolute atomic E-state index is 0.0324. The number of hydrogen-bond acceptors (Lipinski definition) is 8. The van der Waals surface area contributed by atoms with Crippen LogP contribution in [0.3, 0.4) is 0 Å². The molecule has 0 fully saturated rings. The number of carboxylic acids is 1. The van der Waals surface area contributed by atoms with E-state index in [4.69, 9.17) is 9.47 Å². The van der Waals surface area contributed by atoms with Crippen molar-refractivity contribution >= 4 is 23.7 Å². The maximum Gasteiger partial charge on any atom is 0.407 e. The lowest BCUT2D eigenvalue weighted by molar-refractivity contribution is -0.384. The summed E-state index contributed by atoms with van der Waals surface area (Å²) < 4.78 is 10.1. The van der Waals surface area contributed by atoms with E-state index >= 15 is 0 Å². The lowest BCUT2D eigenvalue weighted by atomic mass is 10.0. The van der Waals surface area contributed by atoms with Crippen LogP contribution in [0.25, 0.3) is 0 Å². The fraction of sp³-hybridized carbons (Fsp3) is 0.318. The number of nitro benzene ring substituents is 1. The van der Waals surface area contributed by atoms with Crippen molar-refractivity contribution in [2.45, 2.75) is 31.6 Å². The molecule has 12 heteroatoms. The summed E-state index contributed by atoms with van der Waals surface area (Å²) in [7, 11) is 1.33. The monoisotopic (exact) mass is 475 g/mol. The van der Waals surface area contributed by atoms with Crippen LogP contribution in [0.15, 0.2) is 48.5 Å². The van der Waals surface area contributed by atoms with Crippen LogP contribution in [0.5, 0.6) is 5.75 Å². The molecule has 2 atom stereocenters. The average molecular weight is 475 g/mol. The van der Waals surface area contributed by atoms with Gasteiger partial charge in [0.1, 0.15) is 18.4 Å². The number of ether oxygens (including phenoxy) is 2.